The molecule has 0 spiro atoms. The highest BCUT2D eigenvalue weighted by molar-refractivity contribution is 4.82. The number of allylic oxidation sites excluding steroid dienone is 1. The summed E-state index contributed by atoms with van der Waals surface area (Å²) in [5.41, 5.74) is 5.59. The van der Waals surface area contributed by atoms with Crippen LogP contribution in [0.3, 0.4) is 0 Å². The lowest BCUT2D eigenvalue weighted by atomic mass is 9.82. The molecule has 0 aliphatic carbocycles. The Kier molecular flexibility index (Phi) is 8.64. The van der Waals surface area contributed by atoms with Crippen molar-refractivity contribution in [3.05, 3.63) is 12.7 Å². The molecule has 1 heteroatoms. The first-order valence-electron chi connectivity index (χ1n) is 6.85. The molecule has 16 heavy (non-hydrogen) atoms. The van der Waals surface area contributed by atoms with E-state index in [0.717, 1.165) is 24.3 Å². The van der Waals surface area contributed by atoms with Gasteiger partial charge in [0.05, 0.1) is 0 Å². The van der Waals surface area contributed by atoms with Gasteiger partial charge in [-0.25, -0.2) is 0 Å². The number of hydrogen-bond acceptors (Lipinski definition) is 1. The van der Waals surface area contributed by atoms with Crippen LogP contribution in [-0.4, -0.2) is 6.54 Å². The van der Waals surface area contributed by atoms with E-state index in [0.29, 0.717) is 5.92 Å². The van der Waals surface area contributed by atoms with E-state index >= 15 is 0 Å². The summed E-state index contributed by atoms with van der Waals surface area (Å²) in [4.78, 5) is 0. The van der Waals surface area contributed by atoms with Crippen molar-refractivity contribution in [2.75, 3.05) is 6.54 Å². The van der Waals surface area contributed by atoms with Gasteiger partial charge >= 0.3 is 0 Å². The van der Waals surface area contributed by atoms with Gasteiger partial charge in [0.2, 0.25) is 0 Å². The normalized spacial score (nSPS) is 15.4. The molecule has 2 atom stereocenters. The van der Waals surface area contributed by atoms with Crippen molar-refractivity contribution in [3.63, 3.8) is 0 Å². The Balaban J connectivity index is 4.03. The van der Waals surface area contributed by atoms with Crippen LogP contribution < -0.4 is 5.73 Å². The fourth-order valence-corrected chi connectivity index (χ4v) is 2.32. The van der Waals surface area contributed by atoms with Gasteiger partial charge < -0.3 is 5.73 Å². The van der Waals surface area contributed by atoms with Gasteiger partial charge in [-0.05, 0) is 55.9 Å². The van der Waals surface area contributed by atoms with Crippen molar-refractivity contribution in [2.45, 2.75) is 53.4 Å². The summed E-state index contributed by atoms with van der Waals surface area (Å²) < 4.78 is 0. The first kappa shape index (κ1) is 15.7. The minimum Gasteiger partial charge on any atom is -0.330 e. The molecule has 2 N–H and O–H groups in total. The Morgan fingerprint density at radius 3 is 2.00 bits per heavy atom. The van der Waals surface area contributed by atoms with Crippen LogP contribution in [0.25, 0.3) is 0 Å². The van der Waals surface area contributed by atoms with Crippen LogP contribution >= 0.6 is 0 Å². The third kappa shape index (κ3) is 6.32. The quantitative estimate of drug-likeness (QED) is 0.584. The van der Waals surface area contributed by atoms with Crippen LogP contribution in [0.1, 0.15) is 53.4 Å². The summed E-state index contributed by atoms with van der Waals surface area (Å²) in [6.07, 6.45) is 7.20. The van der Waals surface area contributed by atoms with Crippen molar-refractivity contribution in [1.82, 2.24) is 0 Å². The fourth-order valence-electron chi connectivity index (χ4n) is 2.32. The smallest absolute Gasteiger partial charge is 0.00772 e. The van der Waals surface area contributed by atoms with Gasteiger partial charge in [-0.3, -0.25) is 0 Å². The molecule has 2 unspecified atom stereocenters. The maximum Gasteiger partial charge on any atom is -0.00772 e. The highest BCUT2D eigenvalue weighted by atomic mass is 14.5. The maximum atomic E-state index is 5.59. The Morgan fingerprint density at radius 1 is 1.00 bits per heavy atom. The molecule has 0 saturated carbocycles. The third-order valence-electron chi connectivity index (χ3n) is 3.75. The van der Waals surface area contributed by atoms with E-state index in [4.69, 9.17) is 5.73 Å². The predicted molar refractivity (Wildman–Crippen MR) is 74.4 cm³/mol. The van der Waals surface area contributed by atoms with Gasteiger partial charge in [0.15, 0.2) is 0 Å². The highest BCUT2D eigenvalue weighted by Crippen LogP contribution is 2.27. The first-order chi connectivity index (χ1) is 7.52. The molecule has 0 aromatic rings. The largest absolute Gasteiger partial charge is 0.330 e. The second-order valence-electron chi connectivity index (χ2n) is 5.66. The van der Waals surface area contributed by atoms with Gasteiger partial charge in [-0.15, -0.1) is 6.58 Å². The Bertz CT molecular complexity index is 172. The molecular weight excluding hydrogens is 194 g/mol. The summed E-state index contributed by atoms with van der Waals surface area (Å²) in [5.74, 6) is 3.02. The molecule has 0 fully saturated rings. The van der Waals surface area contributed by atoms with Crippen LogP contribution in [-0.2, 0) is 0 Å². The SMILES string of the molecule is C=CC(CCC(CCCN)C(C)C)C(C)C. The van der Waals surface area contributed by atoms with E-state index in [1.807, 2.05) is 0 Å². The van der Waals surface area contributed by atoms with Crippen molar-refractivity contribution < 1.29 is 0 Å². The minimum atomic E-state index is 0.680. The van der Waals surface area contributed by atoms with E-state index in [-0.39, 0.29) is 0 Å². The summed E-state index contributed by atoms with van der Waals surface area (Å²) in [6, 6.07) is 0. The zero-order valence-corrected chi connectivity index (χ0v) is 11.7. The molecule has 0 aliphatic heterocycles. The second-order valence-corrected chi connectivity index (χ2v) is 5.66. The molecule has 0 saturated heterocycles. The molecule has 0 radical (unpaired) electrons. The topological polar surface area (TPSA) is 26.0 Å². The molecule has 0 rings (SSSR count). The summed E-state index contributed by atoms with van der Waals surface area (Å²) in [7, 11) is 0. The van der Waals surface area contributed by atoms with Gasteiger partial charge in [0, 0.05) is 0 Å². The number of nitrogens with two attached hydrogens (primary N) is 1. The Morgan fingerprint density at radius 2 is 1.62 bits per heavy atom. The fraction of sp³-hybridized carbons (Fsp3) is 0.867. The number of rotatable bonds is 9. The lowest BCUT2D eigenvalue weighted by Crippen LogP contribution is -2.14. The zero-order valence-electron chi connectivity index (χ0n) is 11.7. The molecule has 0 aromatic carbocycles. The summed E-state index contributed by atoms with van der Waals surface area (Å²) in [6.45, 7) is 14.0. The summed E-state index contributed by atoms with van der Waals surface area (Å²) in [5, 5.41) is 0. The first-order valence-corrected chi connectivity index (χ1v) is 6.85. The molecular formula is C15H31N. The zero-order chi connectivity index (χ0) is 12.6. The molecule has 96 valence electrons. The lowest BCUT2D eigenvalue weighted by molar-refractivity contribution is 0.292. The van der Waals surface area contributed by atoms with Crippen molar-refractivity contribution >= 4 is 0 Å². The lowest BCUT2D eigenvalue weighted by Gasteiger charge is -2.24. The van der Waals surface area contributed by atoms with Gasteiger partial charge in [0.25, 0.3) is 0 Å². The van der Waals surface area contributed by atoms with Crippen molar-refractivity contribution in [3.8, 4) is 0 Å². The van der Waals surface area contributed by atoms with Crippen LogP contribution in [0.2, 0.25) is 0 Å². The molecule has 0 aliphatic rings. The maximum absolute atomic E-state index is 5.59. The number of hydrogen-bond donors (Lipinski definition) is 1. The molecule has 0 heterocycles. The Hall–Kier alpha value is -0.300. The van der Waals surface area contributed by atoms with Crippen LogP contribution in [0.15, 0.2) is 12.7 Å². The summed E-state index contributed by atoms with van der Waals surface area (Å²) >= 11 is 0. The van der Waals surface area contributed by atoms with Crippen LogP contribution in [0.5, 0.6) is 0 Å². The second kappa shape index (κ2) is 8.81. The molecule has 1 nitrogen and oxygen atoms in total. The molecule has 0 aromatic heterocycles. The van der Waals surface area contributed by atoms with E-state index in [9.17, 15) is 0 Å². The molecule has 0 bridgehead atoms. The van der Waals surface area contributed by atoms with Crippen molar-refractivity contribution in [2.24, 2.45) is 29.4 Å². The average Bonchev–Trinajstić information content (AvgIpc) is 2.22. The average molecular weight is 225 g/mol. The van der Waals surface area contributed by atoms with E-state index in [1.54, 1.807) is 0 Å². The monoisotopic (exact) mass is 225 g/mol. The van der Waals surface area contributed by atoms with Gasteiger partial charge in [-0.1, -0.05) is 33.8 Å². The van der Waals surface area contributed by atoms with E-state index in [2.05, 4.69) is 40.3 Å². The molecule has 0 amide bonds. The Labute approximate surface area is 102 Å². The predicted octanol–water partition coefficient (Wildman–Crippen LogP) is 4.24. The minimum absolute atomic E-state index is 0.680. The van der Waals surface area contributed by atoms with Crippen molar-refractivity contribution in [1.29, 1.82) is 0 Å². The van der Waals surface area contributed by atoms with E-state index < -0.39 is 0 Å². The van der Waals surface area contributed by atoms with Gasteiger partial charge in [0.1, 0.15) is 0 Å². The van der Waals surface area contributed by atoms with Gasteiger partial charge in [-0.2, -0.15) is 0 Å². The standard InChI is InChI=1S/C15H31N/c1-6-14(12(2)3)9-10-15(13(4)5)8-7-11-16/h6,12-15H,1,7-11,16H2,2-5H3. The van der Waals surface area contributed by atoms with Crippen LogP contribution in [0.4, 0.5) is 0 Å². The van der Waals surface area contributed by atoms with Crippen LogP contribution in [0, 0.1) is 23.7 Å². The highest BCUT2D eigenvalue weighted by Gasteiger charge is 2.16. The van der Waals surface area contributed by atoms with E-state index in [1.165, 1.54) is 25.7 Å². The third-order valence-corrected chi connectivity index (χ3v) is 3.75.